The minimum Gasteiger partial charge on any atom is -0.478 e. The number of aromatic carboxylic acids is 1. The zero-order chi connectivity index (χ0) is 10.7. The molecule has 0 aliphatic rings. The van der Waals surface area contributed by atoms with Crippen molar-refractivity contribution in [3.63, 3.8) is 0 Å². The Morgan fingerprint density at radius 1 is 1.36 bits per heavy atom. The number of carbonyl (C=O) groups is 1. The molecule has 1 aromatic carbocycles. The van der Waals surface area contributed by atoms with E-state index in [9.17, 15) is 4.79 Å². The molecule has 0 spiro atoms. The van der Waals surface area contributed by atoms with Crippen LogP contribution in [0.3, 0.4) is 0 Å². The summed E-state index contributed by atoms with van der Waals surface area (Å²) < 4.78 is 0. The summed E-state index contributed by atoms with van der Waals surface area (Å²) in [5.74, 6) is -0.921. The van der Waals surface area contributed by atoms with Gasteiger partial charge in [0.05, 0.1) is 11.7 Å². The summed E-state index contributed by atoms with van der Waals surface area (Å²) in [6.45, 7) is 0. The van der Waals surface area contributed by atoms with Gasteiger partial charge in [-0.1, -0.05) is 12.1 Å². The fraction of sp³-hybridized carbons (Fsp3) is 0.300. The first kappa shape index (κ1) is 10.7. The van der Waals surface area contributed by atoms with Crippen LogP contribution in [0.2, 0.25) is 0 Å². The van der Waals surface area contributed by atoms with Gasteiger partial charge in [-0.05, 0) is 31.8 Å². The number of benzene rings is 1. The highest BCUT2D eigenvalue weighted by Crippen LogP contribution is 2.13. The quantitative estimate of drug-likeness (QED) is 0.702. The molecule has 0 aliphatic heterocycles. The van der Waals surface area contributed by atoms with Crippen LogP contribution in [0.5, 0.6) is 0 Å². The topological polar surface area (TPSA) is 66.6 Å². The predicted molar refractivity (Wildman–Crippen MR) is 54.0 cm³/mol. The van der Waals surface area contributed by atoms with Gasteiger partial charge in [0.25, 0.3) is 0 Å². The van der Waals surface area contributed by atoms with Gasteiger partial charge in [-0.2, -0.15) is 0 Å². The normalized spacial score (nSPS) is 12.9. The highest BCUT2D eigenvalue weighted by molar-refractivity contribution is 5.87. The Labute approximate surface area is 82.9 Å². The first-order valence-corrected chi connectivity index (χ1v) is 4.27. The molecule has 14 heavy (non-hydrogen) atoms. The second-order valence-corrected chi connectivity index (χ2v) is 3.34. The molecule has 0 radical (unpaired) electrons. The van der Waals surface area contributed by atoms with E-state index in [0.717, 1.165) is 5.56 Å². The number of nitrogens with zero attached hydrogens (tertiary/aromatic N) is 1. The van der Waals surface area contributed by atoms with Crippen LogP contribution in [0, 0.1) is 0 Å². The van der Waals surface area contributed by atoms with Gasteiger partial charge in [0, 0.05) is 0 Å². The summed E-state index contributed by atoms with van der Waals surface area (Å²) in [6.07, 6.45) is -0.196. The van der Waals surface area contributed by atoms with Crippen LogP contribution in [0.4, 0.5) is 0 Å². The van der Waals surface area contributed by atoms with Crippen LogP contribution < -0.4 is 5.73 Å². The van der Waals surface area contributed by atoms with Crippen molar-refractivity contribution in [3.8, 4) is 0 Å². The van der Waals surface area contributed by atoms with E-state index in [1.165, 1.54) is 0 Å². The first-order valence-electron chi connectivity index (χ1n) is 4.27. The maximum atomic E-state index is 10.6. The summed E-state index contributed by atoms with van der Waals surface area (Å²) >= 11 is 0. The van der Waals surface area contributed by atoms with E-state index >= 15 is 0 Å². The molecule has 0 amide bonds. The number of hydrogen-bond donors (Lipinski definition) is 2. The number of rotatable bonds is 3. The Bertz CT molecular complexity index is 319. The van der Waals surface area contributed by atoms with E-state index in [1.807, 2.05) is 19.0 Å². The first-order chi connectivity index (χ1) is 6.52. The van der Waals surface area contributed by atoms with Gasteiger partial charge in [-0.3, -0.25) is 4.90 Å². The Hall–Kier alpha value is -1.39. The van der Waals surface area contributed by atoms with Crippen LogP contribution >= 0.6 is 0 Å². The van der Waals surface area contributed by atoms with Gasteiger partial charge in [0.1, 0.15) is 0 Å². The van der Waals surface area contributed by atoms with E-state index in [-0.39, 0.29) is 11.7 Å². The lowest BCUT2D eigenvalue weighted by atomic mass is 10.1. The van der Waals surface area contributed by atoms with Crippen molar-refractivity contribution >= 4 is 5.97 Å². The van der Waals surface area contributed by atoms with Gasteiger partial charge in [-0.15, -0.1) is 0 Å². The van der Waals surface area contributed by atoms with Crippen molar-refractivity contribution in [1.82, 2.24) is 4.90 Å². The van der Waals surface area contributed by atoms with Crippen LogP contribution in [0.15, 0.2) is 24.3 Å². The molecule has 3 N–H and O–H groups in total. The fourth-order valence-corrected chi connectivity index (χ4v) is 1.12. The van der Waals surface area contributed by atoms with Gasteiger partial charge < -0.3 is 10.8 Å². The molecule has 1 aromatic rings. The molecular weight excluding hydrogens is 180 g/mol. The Balaban J connectivity index is 2.88. The molecule has 0 bridgehead atoms. The molecule has 4 heteroatoms. The van der Waals surface area contributed by atoms with Gasteiger partial charge in [0.15, 0.2) is 0 Å². The SMILES string of the molecule is CN(C)C(N)c1ccc(C(=O)O)cc1. The van der Waals surface area contributed by atoms with E-state index in [1.54, 1.807) is 24.3 Å². The van der Waals surface area contributed by atoms with Crippen LogP contribution in [-0.4, -0.2) is 30.1 Å². The third kappa shape index (κ3) is 2.31. The Kier molecular flexibility index (Phi) is 3.22. The molecule has 1 rings (SSSR count). The number of nitrogens with two attached hydrogens (primary N) is 1. The molecule has 4 nitrogen and oxygen atoms in total. The second-order valence-electron chi connectivity index (χ2n) is 3.34. The van der Waals surface area contributed by atoms with Crippen molar-refractivity contribution in [1.29, 1.82) is 0 Å². The maximum Gasteiger partial charge on any atom is 0.335 e. The highest BCUT2D eigenvalue weighted by Gasteiger charge is 2.08. The average Bonchev–Trinajstić information content (AvgIpc) is 2.16. The summed E-state index contributed by atoms with van der Waals surface area (Å²) in [5.41, 5.74) is 7.02. The van der Waals surface area contributed by atoms with Crippen molar-refractivity contribution in [2.24, 2.45) is 5.73 Å². The highest BCUT2D eigenvalue weighted by atomic mass is 16.4. The van der Waals surface area contributed by atoms with E-state index in [2.05, 4.69) is 0 Å². The molecule has 0 saturated heterocycles. The van der Waals surface area contributed by atoms with Crippen molar-refractivity contribution in [2.75, 3.05) is 14.1 Å². The smallest absolute Gasteiger partial charge is 0.335 e. The van der Waals surface area contributed by atoms with Crippen LogP contribution in [0.1, 0.15) is 22.1 Å². The standard InChI is InChI=1S/C10H14N2O2/c1-12(2)9(11)7-3-5-8(6-4-7)10(13)14/h3-6,9H,11H2,1-2H3,(H,13,14). The van der Waals surface area contributed by atoms with E-state index in [4.69, 9.17) is 10.8 Å². The summed E-state index contributed by atoms with van der Waals surface area (Å²) in [5, 5.41) is 8.68. The number of hydrogen-bond acceptors (Lipinski definition) is 3. The molecule has 1 atom stereocenters. The minimum atomic E-state index is -0.921. The monoisotopic (exact) mass is 194 g/mol. The second kappa shape index (κ2) is 4.21. The van der Waals surface area contributed by atoms with Crippen molar-refractivity contribution in [2.45, 2.75) is 6.17 Å². The lowest BCUT2D eigenvalue weighted by molar-refractivity contribution is 0.0697. The average molecular weight is 194 g/mol. The lowest BCUT2D eigenvalue weighted by Gasteiger charge is -2.19. The molecule has 0 aromatic heterocycles. The third-order valence-electron chi connectivity index (χ3n) is 2.06. The largest absolute Gasteiger partial charge is 0.478 e. The Morgan fingerprint density at radius 2 is 1.86 bits per heavy atom. The molecule has 76 valence electrons. The molecule has 0 aliphatic carbocycles. The van der Waals surface area contributed by atoms with Gasteiger partial charge in [0.2, 0.25) is 0 Å². The molecule has 1 unspecified atom stereocenters. The molecular formula is C10H14N2O2. The maximum absolute atomic E-state index is 10.6. The third-order valence-corrected chi connectivity index (χ3v) is 2.06. The van der Waals surface area contributed by atoms with Gasteiger partial charge in [-0.25, -0.2) is 4.79 Å². The fourth-order valence-electron chi connectivity index (χ4n) is 1.12. The number of carboxylic acids is 1. The predicted octanol–water partition coefficient (Wildman–Crippen LogP) is 0.904. The molecule has 0 heterocycles. The van der Waals surface area contributed by atoms with E-state index in [0.29, 0.717) is 0 Å². The summed E-state index contributed by atoms with van der Waals surface area (Å²) in [7, 11) is 3.74. The lowest BCUT2D eigenvalue weighted by Crippen LogP contribution is -2.27. The minimum absolute atomic E-state index is 0.196. The van der Waals surface area contributed by atoms with Crippen molar-refractivity contribution < 1.29 is 9.90 Å². The molecule has 0 saturated carbocycles. The number of carboxylic acid groups (broad SMARTS) is 1. The Morgan fingerprint density at radius 3 is 2.21 bits per heavy atom. The van der Waals surface area contributed by atoms with Gasteiger partial charge >= 0.3 is 5.97 Å². The molecule has 0 fully saturated rings. The van der Waals surface area contributed by atoms with Crippen LogP contribution in [0.25, 0.3) is 0 Å². The summed E-state index contributed by atoms with van der Waals surface area (Å²) in [4.78, 5) is 12.4. The zero-order valence-corrected chi connectivity index (χ0v) is 8.27. The van der Waals surface area contributed by atoms with Crippen LogP contribution in [-0.2, 0) is 0 Å². The van der Waals surface area contributed by atoms with E-state index < -0.39 is 5.97 Å². The van der Waals surface area contributed by atoms with Crippen molar-refractivity contribution in [3.05, 3.63) is 35.4 Å². The summed E-state index contributed by atoms with van der Waals surface area (Å²) in [6, 6.07) is 6.57. The zero-order valence-electron chi connectivity index (χ0n) is 8.27.